The SMILES string of the molecule is O=C(O)CN(CC(=O)O)C1CCCC[C@@H]1N(CC(=O)O)CC(=O)O. The molecular formula is C14H22N2O8. The number of carboxylic acid groups (broad SMARTS) is 4. The fourth-order valence-electron chi connectivity index (χ4n) is 3.22. The van der Waals surface area contributed by atoms with Crippen LogP contribution in [0.4, 0.5) is 0 Å². The first kappa shape index (κ1) is 19.8. The number of hydrogen-bond donors (Lipinski definition) is 4. The molecule has 0 spiro atoms. The number of rotatable bonds is 10. The summed E-state index contributed by atoms with van der Waals surface area (Å²) in [6, 6.07) is -1.05. The van der Waals surface area contributed by atoms with Crippen molar-refractivity contribution in [2.24, 2.45) is 0 Å². The lowest BCUT2D eigenvalue weighted by Gasteiger charge is -2.43. The average molecular weight is 346 g/mol. The van der Waals surface area contributed by atoms with Crippen LogP contribution in [0.2, 0.25) is 0 Å². The van der Waals surface area contributed by atoms with Gasteiger partial charge in [0.1, 0.15) is 0 Å². The van der Waals surface area contributed by atoms with Crippen molar-refractivity contribution in [1.29, 1.82) is 0 Å². The molecule has 2 atom stereocenters. The van der Waals surface area contributed by atoms with Gasteiger partial charge in [0.05, 0.1) is 26.2 Å². The van der Waals surface area contributed by atoms with Crippen LogP contribution >= 0.6 is 0 Å². The van der Waals surface area contributed by atoms with Gasteiger partial charge >= 0.3 is 23.9 Å². The molecule has 10 nitrogen and oxygen atoms in total. The molecule has 1 unspecified atom stereocenters. The monoisotopic (exact) mass is 346 g/mol. The van der Waals surface area contributed by atoms with Gasteiger partial charge in [0.25, 0.3) is 0 Å². The molecule has 1 aliphatic carbocycles. The van der Waals surface area contributed by atoms with Crippen LogP contribution in [-0.2, 0) is 19.2 Å². The van der Waals surface area contributed by atoms with Gasteiger partial charge in [-0.1, -0.05) is 12.8 Å². The standard InChI is InChI=1S/C14H22N2O8/c17-11(18)5-15(6-12(19)20)9-3-1-2-4-10(9)16(7-13(21)22)8-14(23)24/h9-10H,1-8H2,(H,17,18)(H,19,20)(H,21,22)(H,23,24)/t9-,10?/m0/s1. The summed E-state index contributed by atoms with van der Waals surface area (Å²) >= 11 is 0. The Morgan fingerprint density at radius 2 is 0.875 bits per heavy atom. The first-order valence-corrected chi connectivity index (χ1v) is 7.56. The lowest BCUT2D eigenvalue weighted by molar-refractivity contribution is -0.149. The third-order valence-electron chi connectivity index (χ3n) is 3.99. The van der Waals surface area contributed by atoms with Crippen molar-refractivity contribution in [1.82, 2.24) is 9.80 Å². The quantitative estimate of drug-likeness (QED) is 0.396. The van der Waals surface area contributed by atoms with E-state index in [1.165, 1.54) is 9.80 Å². The van der Waals surface area contributed by atoms with Gasteiger partial charge in [0, 0.05) is 12.1 Å². The molecule has 4 N–H and O–H groups in total. The molecule has 1 fully saturated rings. The highest BCUT2D eigenvalue weighted by atomic mass is 16.4. The number of nitrogens with zero attached hydrogens (tertiary/aromatic N) is 2. The fraction of sp³-hybridized carbons (Fsp3) is 0.714. The molecule has 0 radical (unpaired) electrons. The van der Waals surface area contributed by atoms with E-state index >= 15 is 0 Å². The van der Waals surface area contributed by atoms with Crippen molar-refractivity contribution >= 4 is 23.9 Å². The van der Waals surface area contributed by atoms with Crippen LogP contribution in [-0.4, -0.2) is 92.4 Å². The Balaban J connectivity index is 3.03. The summed E-state index contributed by atoms with van der Waals surface area (Å²) in [7, 11) is 0. The van der Waals surface area contributed by atoms with Crippen molar-refractivity contribution in [3.05, 3.63) is 0 Å². The van der Waals surface area contributed by atoms with E-state index in [4.69, 9.17) is 20.4 Å². The Bertz CT molecular complexity index is 419. The van der Waals surface area contributed by atoms with Crippen LogP contribution in [0.3, 0.4) is 0 Å². The van der Waals surface area contributed by atoms with E-state index < -0.39 is 62.1 Å². The molecule has 0 aliphatic heterocycles. The van der Waals surface area contributed by atoms with Gasteiger partial charge in [-0.25, -0.2) is 0 Å². The van der Waals surface area contributed by atoms with E-state index in [1.54, 1.807) is 0 Å². The summed E-state index contributed by atoms with van der Waals surface area (Å²) in [5, 5.41) is 36.0. The van der Waals surface area contributed by atoms with Gasteiger partial charge in [-0.3, -0.25) is 29.0 Å². The summed E-state index contributed by atoms with van der Waals surface area (Å²) in [5.74, 6) is -4.76. The Hall–Kier alpha value is -2.20. The van der Waals surface area contributed by atoms with E-state index in [-0.39, 0.29) is 0 Å². The predicted octanol–water partition coefficient (Wildman–Crippen LogP) is -0.760. The molecule has 0 bridgehead atoms. The number of aliphatic carboxylic acids is 4. The Morgan fingerprint density at radius 3 is 1.08 bits per heavy atom. The zero-order valence-electron chi connectivity index (χ0n) is 13.1. The molecule has 0 aromatic rings. The van der Waals surface area contributed by atoms with Crippen molar-refractivity contribution in [3.8, 4) is 0 Å². The molecule has 0 aromatic heterocycles. The molecule has 0 aromatic carbocycles. The highest BCUT2D eigenvalue weighted by Crippen LogP contribution is 2.27. The maximum Gasteiger partial charge on any atom is 0.317 e. The minimum absolute atomic E-state index is 0.487. The van der Waals surface area contributed by atoms with Crippen LogP contribution in [0.5, 0.6) is 0 Å². The Morgan fingerprint density at radius 1 is 0.625 bits per heavy atom. The average Bonchev–Trinajstić information content (AvgIpc) is 2.44. The van der Waals surface area contributed by atoms with E-state index in [9.17, 15) is 19.2 Å². The Kier molecular flexibility index (Phi) is 7.59. The zero-order valence-corrected chi connectivity index (χ0v) is 13.1. The largest absolute Gasteiger partial charge is 0.480 e. The number of carboxylic acids is 4. The first-order valence-electron chi connectivity index (χ1n) is 7.56. The molecule has 0 heterocycles. The molecule has 24 heavy (non-hydrogen) atoms. The summed E-state index contributed by atoms with van der Waals surface area (Å²) in [6.45, 7) is -1.99. The maximum absolute atomic E-state index is 11.0. The van der Waals surface area contributed by atoms with Crippen LogP contribution < -0.4 is 0 Å². The van der Waals surface area contributed by atoms with Gasteiger partial charge in [0.15, 0.2) is 0 Å². The summed E-state index contributed by atoms with van der Waals surface area (Å²) in [4.78, 5) is 46.7. The van der Waals surface area contributed by atoms with E-state index in [0.29, 0.717) is 12.8 Å². The van der Waals surface area contributed by atoms with Gasteiger partial charge in [-0.2, -0.15) is 0 Å². The van der Waals surface area contributed by atoms with Crippen molar-refractivity contribution in [2.75, 3.05) is 26.2 Å². The molecule has 1 aliphatic rings. The smallest absolute Gasteiger partial charge is 0.317 e. The van der Waals surface area contributed by atoms with Crippen molar-refractivity contribution < 1.29 is 39.6 Å². The van der Waals surface area contributed by atoms with Crippen LogP contribution in [0.25, 0.3) is 0 Å². The number of hydrogen-bond acceptors (Lipinski definition) is 6. The van der Waals surface area contributed by atoms with E-state index in [0.717, 1.165) is 12.8 Å². The molecular weight excluding hydrogens is 324 g/mol. The van der Waals surface area contributed by atoms with Crippen LogP contribution in [0, 0.1) is 0 Å². The normalized spacial score (nSPS) is 20.9. The molecule has 0 amide bonds. The molecule has 136 valence electrons. The van der Waals surface area contributed by atoms with Gasteiger partial charge in [-0.05, 0) is 12.8 Å². The van der Waals surface area contributed by atoms with Crippen molar-refractivity contribution in [3.63, 3.8) is 0 Å². The molecule has 1 rings (SSSR count). The number of carbonyl (C=O) groups is 4. The lowest BCUT2D eigenvalue weighted by atomic mass is 9.87. The predicted molar refractivity (Wildman–Crippen MR) is 79.7 cm³/mol. The molecule has 1 saturated carbocycles. The molecule has 10 heteroatoms. The molecule has 0 saturated heterocycles. The van der Waals surface area contributed by atoms with Crippen LogP contribution in [0.1, 0.15) is 25.7 Å². The van der Waals surface area contributed by atoms with E-state index in [2.05, 4.69) is 0 Å². The van der Waals surface area contributed by atoms with Crippen LogP contribution in [0.15, 0.2) is 0 Å². The fourth-order valence-corrected chi connectivity index (χ4v) is 3.22. The Labute approximate surface area is 138 Å². The lowest BCUT2D eigenvalue weighted by Crippen LogP contribution is -2.57. The highest BCUT2D eigenvalue weighted by molar-refractivity contribution is 5.73. The second-order valence-corrected chi connectivity index (χ2v) is 5.80. The van der Waals surface area contributed by atoms with Gasteiger partial charge in [-0.15, -0.1) is 0 Å². The minimum Gasteiger partial charge on any atom is -0.480 e. The third kappa shape index (κ3) is 6.50. The summed E-state index contributed by atoms with van der Waals surface area (Å²) in [6.07, 6.45) is 2.46. The second-order valence-electron chi connectivity index (χ2n) is 5.80. The van der Waals surface area contributed by atoms with Crippen molar-refractivity contribution in [2.45, 2.75) is 37.8 Å². The van der Waals surface area contributed by atoms with Gasteiger partial charge < -0.3 is 20.4 Å². The summed E-state index contributed by atoms with van der Waals surface area (Å²) in [5.41, 5.74) is 0. The zero-order chi connectivity index (χ0) is 18.3. The highest BCUT2D eigenvalue weighted by Gasteiger charge is 2.37. The second kappa shape index (κ2) is 9.18. The summed E-state index contributed by atoms with van der Waals surface area (Å²) < 4.78 is 0. The van der Waals surface area contributed by atoms with Gasteiger partial charge in [0.2, 0.25) is 0 Å². The minimum atomic E-state index is -1.19. The topological polar surface area (TPSA) is 156 Å². The maximum atomic E-state index is 11.0. The first-order chi connectivity index (χ1) is 11.2. The van der Waals surface area contributed by atoms with E-state index in [1.807, 2.05) is 0 Å². The third-order valence-corrected chi connectivity index (χ3v) is 3.99.